The average molecular weight is 655 g/mol. The molecule has 5 aromatic rings. The quantitative estimate of drug-likeness (QED) is 0.149. The summed E-state index contributed by atoms with van der Waals surface area (Å²) in [7, 11) is 0. The topological polar surface area (TPSA) is 153 Å². The Morgan fingerprint density at radius 2 is 1.62 bits per heavy atom. The van der Waals surface area contributed by atoms with E-state index in [0.29, 0.717) is 50.4 Å². The van der Waals surface area contributed by atoms with Crippen LogP contribution in [0.4, 0.5) is 27.1 Å². The van der Waals surface area contributed by atoms with Gasteiger partial charge in [-0.3, -0.25) is 15.4 Å². The molecule has 0 aliphatic heterocycles. The Bertz CT molecular complexity index is 1910. The van der Waals surface area contributed by atoms with Crippen LogP contribution in [0.2, 0.25) is 0 Å². The zero-order valence-corrected chi connectivity index (χ0v) is 28.4. The number of amides is 2. The van der Waals surface area contributed by atoms with Gasteiger partial charge in [-0.1, -0.05) is 46.0 Å². The molecule has 5 rings (SSSR count). The molecule has 2 aromatic carbocycles. The van der Waals surface area contributed by atoms with E-state index in [2.05, 4.69) is 50.0 Å². The molecule has 13 heteroatoms. The van der Waals surface area contributed by atoms with Gasteiger partial charge in [-0.25, -0.2) is 19.7 Å². The number of aromatic nitrogens is 5. The lowest BCUT2D eigenvalue weighted by Crippen LogP contribution is -2.27. The van der Waals surface area contributed by atoms with Crippen molar-refractivity contribution in [3.8, 4) is 11.5 Å². The molecule has 2 amide bonds. The monoisotopic (exact) mass is 654 g/mol. The lowest BCUT2D eigenvalue weighted by atomic mass is 9.98. The highest BCUT2D eigenvalue weighted by Gasteiger charge is 2.21. The van der Waals surface area contributed by atoms with E-state index in [-0.39, 0.29) is 17.2 Å². The van der Waals surface area contributed by atoms with Crippen LogP contribution in [0.5, 0.6) is 11.5 Å². The summed E-state index contributed by atoms with van der Waals surface area (Å²) in [6, 6.07) is 15.8. The number of benzene rings is 2. The number of carbonyl (C=O) groups excluding carboxylic acids is 2. The highest BCUT2D eigenvalue weighted by Crippen LogP contribution is 2.35. The molecule has 0 bridgehead atoms. The van der Waals surface area contributed by atoms with Crippen LogP contribution in [0, 0.1) is 0 Å². The van der Waals surface area contributed by atoms with Gasteiger partial charge in [0, 0.05) is 22.4 Å². The molecule has 0 saturated heterocycles. The molecule has 0 atom stereocenters. The average Bonchev–Trinajstić information content (AvgIpc) is 3.47. The molecule has 0 aliphatic rings. The summed E-state index contributed by atoms with van der Waals surface area (Å²) >= 11 is 1.33. The molecule has 3 N–H and O–H groups in total. The maximum atomic E-state index is 13.4. The number of nitrogens with zero attached hydrogens (tertiary/aromatic N) is 5. The van der Waals surface area contributed by atoms with E-state index in [0.717, 1.165) is 10.7 Å². The van der Waals surface area contributed by atoms with Gasteiger partial charge in [0.1, 0.15) is 28.5 Å². The second kappa shape index (κ2) is 13.3. The van der Waals surface area contributed by atoms with Gasteiger partial charge in [0.05, 0.1) is 11.1 Å². The summed E-state index contributed by atoms with van der Waals surface area (Å²) in [5, 5.41) is 19.2. The normalized spacial score (nSPS) is 11.8. The van der Waals surface area contributed by atoms with E-state index in [1.807, 2.05) is 32.9 Å². The molecule has 3 heterocycles. The minimum atomic E-state index is -0.617. The molecule has 244 valence electrons. The van der Waals surface area contributed by atoms with Crippen LogP contribution < -0.4 is 20.7 Å². The van der Waals surface area contributed by atoms with E-state index >= 15 is 0 Å². The first-order valence-corrected chi connectivity index (χ1v) is 15.9. The Kier molecular flexibility index (Phi) is 9.38. The van der Waals surface area contributed by atoms with Gasteiger partial charge < -0.3 is 14.8 Å². The van der Waals surface area contributed by atoms with Gasteiger partial charge in [0.2, 0.25) is 5.13 Å². The highest BCUT2D eigenvalue weighted by atomic mass is 32.1. The Hall–Kier alpha value is -5.17. The van der Waals surface area contributed by atoms with Crippen LogP contribution in [0.25, 0.3) is 11.0 Å². The highest BCUT2D eigenvalue weighted by molar-refractivity contribution is 7.15. The third kappa shape index (κ3) is 8.55. The Balaban J connectivity index is 1.44. The van der Waals surface area contributed by atoms with Crippen molar-refractivity contribution in [3.05, 3.63) is 77.2 Å². The number of fused-ring (bicyclic) bond motifs is 1. The number of ether oxygens (including phenoxy) is 2. The molecule has 0 fully saturated rings. The molecule has 0 radical (unpaired) electrons. The first-order chi connectivity index (χ1) is 22.1. The first-order valence-electron chi connectivity index (χ1n) is 15.1. The van der Waals surface area contributed by atoms with Crippen molar-refractivity contribution in [2.24, 2.45) is 0 Å². The SMILES string of the molecule is CC(C)c1ccc2c(Nc3cc(C(=O)Nc4nnc(C(C)(C)C)s4)ccc3Oc3ccc(NC(=O)OC(C)(C)C)cc3)ncnc2n1. The van der Waals surface area contributed by atoms with E-state index < -0.39 is 11.7 Å². The fraction of sp³-hybridized carbons (Fsp3) is 0.324. The minimum Gasteiger partial charge on any atom is -0.455 e. The molecule has 0 unspecified atom stereocenters. The minimum absolute atomic E-state index is 0.189. The van der Waals surface area contributed by atoms with Crippen LogP contribution in [0.3, 0.4) is 0 Å². The van der Waals surface area contributed by atoms with E-state index in [1.165, 1.54) is 17.7 Å². The third-order valence-corrected chi connectivity index (χ3v) is 7.88. The standard InChI is InChI=1S/C34H38N8O4S/c1-19(2)24-15-14-23-27(38-24)35-18-36-28(23)39-25-17-20(29(43)40-31-42-41-30(47-31)33(3,4)5)9-16-26(25)45-22-12-10-21(11-13-22)37-32(44)46-34(6,7)8/h9-19H,1-8H3,(H,37,44)(H,40,42,43)(H,35,36,38,39). The molecule has 0 saturated carbocycles. The van der Waals surface area contributed by atoms with Gasteiger partial charge >= 0.3 is 6.09 Å². The van der Waals surface area contributed by atoms with E-state index in [9.17, 15) is 9.59 Å². The number of pyridine rings is 1. The van der Waals surface area contributed by atoms with Gasteiger partial charge in [0.15, 0.2) is 11.4 Å². The van der Waals surface area contributed by atoms with Crippen molar-refractivity contribution in [2.75, 3.05) is 16.0 Å². The third-order valence-electron chi connectivity index (χ3n) is 6.62. The molecular weight excluding hydrogens is 616 g/mol. The smallest absolute Gasteiger partial charge is 0.412 e. The molecular formula is C34H38N8O4S. The van der Waals surface area contributed by atoms with Crippen molar-refractivity contribution in [1.29, 1.82) is 0 Å². The first kappa shape index (κ1) is 33.2. The summed E-state index contributed by atoms with van der Waals surface area (Å²) in [4.78, 5) is 39.1. The summed E-state index contributed by atoms with van der Waals surface area (Å²) in [5.74, 6) is 1.30. The predicted molar refractivity (Wildman–Crippen MR) is 184 cm³/mol. The zero-order valence-electron chi connectivity index (χ0n) is 27.6. The molecule has 47 heavy (non-hydrogen) atoms. The van der Waals surface area contributed by atoms with Gasteiger partial charge in [-0.2, -0.15) is 0 Å². The Labute approximate surface area is 277 Å². The van der Waals surface area contributed by atoms with Crippen molar-refractivity contribution in [2.45, 2.75) is 72.3 Å². The lowest BCUT2D eigenvalue weighted by molar-refractivity contribution is 0.0635. The Morgan fingerprint density at radius 3 is 2.28 bits per heavy atom. The predicted octanol–water partition coefficient (Wildman–Crippen LogP) is 8.43. The lowest BCUT2D eigenvalue weighted by Gasteiger charge is -2.19. The van der Waals surface area contributed by atoms with Crippen LogP contribution in [-0.4, -0.2) is 42.8 Å². The molecule has 12 nitrogen and oxygen atoms in total. The van der Waals surface area contributed by atoms with Gasteiger partial charge in [0.25, 0.3) is 5.91 Å². The zero-order chi connectivity index (χ0) is 33.9. The van der Waals surface area contributed by atoms with Crippen molar-refractivity contribution in [1.82, 2.24) is 25.1 Å². The maximum Gasteiger partial charge on any atom is 0.412 e. The van der Waals surface area contributed by atoms with Crippen molar-refractivity contribution >= 4 is 56.7 Å². The van der Waals surface area contributed by atoms with Crippen LogP contribution in [0.1, 0.15) is 82.4 Å². The van der Waals surface area contributed by atoms with Crippen molar-refractivity contribution in [3.63, 3.8) is 0 Å². The maximum absolute atomic E-state index is 13.4. The van der Waals surface area contributed by atoms with Gasteiger partial charge in [-0.05, 0) is 81.3 Å². The fourth-order valence-corrected chi connectivity index (χ4v) is 5.06. The Morgan fingerprint density at radius 1 is 0.872 bits per heavy atom. The van der Waals surface area contributed by atoms with Crippen LogP contribution in [0.15, 0.2) is 60.9 Å². The number of rotatable bonds is 8. The molecule has 0 spiro atoms. The number of anilines is 4. The largest absolute Gasteiger partial charge is 0.455 e. The number of hydrogen-bond donors (Lipinski definition) is 3. The van der Waals surface area contributed by atoms with E-state index in [1.54, 1.807) is 63.2 Å². The fourth-order valence-electron chi connectivity index (χ4n) is 4.26. The van der Waals surface area contributed by atoms with Crippen molar-refractivity contribution < 1.29 is 19.1 Å². The molecule has 0 aliphatic carbocycles. The second-order valence-electron chi connectivity index (χ2n) is 13.2. The number of nitrogens with one attached hydrogen (secondary N) is 3. The summed E-state index contributed by atoms with van der Waals surface area (Å²) in [6.07, 6.45) is 0.888. The summed E-state index contributed by atoms with van der Waals surface area (Å²) < 4.78 is 11.6. The molecule has 3 aromatic heterocycles. The van der Waals surface area contributed by atoms with Crippen LogP contribution in [-0.2, 0) is 10.2 Å². The van der Waals surface area contributed by atoms with E-state index in [4.69, 9.17) is 14.5 Å². The second-order valence-corrected chi connectivity index (χ2v) is 14.2. The summed E-state index contributed by atoms with van der Waals surface area (Å²) in [6.45, 7) is 15.7. The number of hydrogen-bond acceptors (Lipinski definition) is 11. The number of carbonyl (C=O) groups is 2. The van der Waals surface area contributed by atoms with Crippen LogP contribution >= 0.6 is 11.3 Å². The van der Waals surface area contributed by atoms with Gasteiger partial charge in [-0.15, -0.1) is 10.2 Å². The summed E-state index contributed by atoms with van der Waals surface area (Å²) in [5.41, 5.74) is 2.05.